The van der Waals surface area contributed by atoms with Gasteiger partial charge in [-0.15, -0.1) is 12.4 Å². The summed E-state index contributed by atoms with van der Waals surface area (Å²) in [6.07, 6.45) is 10.3. The predicted molar refractivity (Wildman–Crippen MR) is 119 cm³/mol. The SMILES string of the molecule is CCON=C=C1C=CC(N2CC3(CCN(CCCC(=O)OCC)CC3)OC2=O)C=C1.Cl. The molecule has 2 aliphatic heterocycles. The van der Waals surface area contributed by atoms with Gasteiger partial charge in [0.15, 0.2) is 0 Å². The zero-order chi connectivity index (χ0) is 21.4. The quantitative estimate of drug-likeness (QED) is 0.319. The molecule has 0 bridgehead atoms. The average molecular weight is 454 g/mol. The highest BCUT2D eigenvalue weighted by molar-refractivity contribution is 5.85. The second kappa shape index (κ2) is 11.9. The van der Waals surface area contributed by atoms with E-state index in [-0.39, 0.29) is 30.5 Å². The van der Waals surface area contributed by atoms with E-state index in [1.165, 1.54) is 0 Å². The number of nitrogens with zero attached hydrogens (tertiary/aromatic N) is 3. The number of rotatable bonds is 8. The number of amides is 1. The maximum atomic E-state index is 12.5. The molecule has 2 heterocycles. The Balaban J connectivity index is 0.00000341. The molecule has 3 rings (SSSR count). The number of carbonyl (C=O) groups is 2. The lowest BCUT2D eigenvalue weighted by Gasteiger charge is -2.37. The molecule has 9 heteroatoms. The summed E-state index contributed by atoms with van der Waals surface area (Å²) in [6, 6.07) is -0.128. The standard InChI is InChI=1S/C22H31N3O5.ClH/c1-3-28-20(26)6-5-13-24-14-11-22(12-15-24)17-25(21(27)30-22)19-9-7-18(8-10-19)16-23-29-4-2;/h7-10,19H,3-6,11-15,17H2,1-2H3;1H. The minimum absolute atomic E-state index is 0. The molecule has 0 N–H and O–H groups in total. The second-order valence-electron chi connectivity index (χ2n) is 7.71. The van der Waals surface area contributed by atoms with E-state index < -0.39 is 5.60 Å². The van der Waals surface area contributed by atoms with Crippen LogP contribution in [-0.4, -0.2) is 78.8 Å². The number of allylic oxidation sites excluding steroid dienone is 3. The Kier molecular flexibility index (Phi) is 9.62. The van der Waals surface area contributed by atoms with Crippen molar-refractivity contribution in [3.8, 4) is 0 Å². The maximum absolute atomic E-state index is 12.5. The summed E-state index contributed by atoms with van der Waals surface area (Å²) in [4.78, 5) is 33.0. The third-order valence-electron chi connectivity index (χ3n) is 5.60. The van der Waals surface area contributed by atoms with Crippen LogP contribution in [-0.2, 0) is 19.1 Å². The highest BCUT2D eigenvalue weighted by Crippen LogP contribution is 2.35. The Labute approximate surface area is 190 Å². The van der Waals surface area contributed by atoms with E-state index in [9.17, 15) is 9.59 Å². The van der Waals surface area contributed by atoms with Gasteiger partial charge in [-0.1, -0.05) is 12.2 Å². The third-order valence-corrected chi connectivity index (χ3v) is 5.60. The largest absolute Gasteiger partial charge is 0.466 e. The Morgan fingerprint density at radius 2 is 1.97 bits per heavy atom. The molecule has 8 nitrogen and oxygen atoms in total. The fourth-order valence-corrected chi connectivity index (χ4v) is 3.96. The first-order chi connectivity index (χ1) is 14.5. The van der Waals surface area contributed by atoms with Gasteiger partial charge in [0.25, 0.3) is 0 Å². The molecule has 0 atom stereocenters. The molecular formula is C22H32ClN3O5. The highest BCUT2D eigenvalue weighted by Gasteiger charge is 2.48. The fourth-order valence-electron chi connectivity index (χ4n) is 3.96. The fraction of sp³-hybridized carbons (Fsp3) is 0.636. The minimum atomic E-state index is -0.414. The lowest BCUT2D eigenvalue weighted by Crippen LogP contribution is -2.47. The molecule has 1 amide bonds. The van der Waals surface area contributed by atoms with Crippen molar-refractivity contribution in [2.24, 2.45) is 5.16 Å². The highest BCUT2D eigenvalue weighted by atomic mass is 35.5. The number of halogens is 1. The zero-order valence-electron chi connectivity index (χ0n) is 18.2. The van der Waals surface area contributed by atoms with Crippen LogP contribution in [0.3, 0.4) is 0 Å². The lowest BCUT2D eigenvalue weighted by molar-refractivity contribution is -0.143. The Hall–Kier alpha value is -2.28. The van der Waals surface area contributed by atoms with E-state index in [0.717, 1.165) is 44.5 Å². The van der Waals surface area contributed by atoms with Crippen LogP contribution < -0.4 is 0 Å². The van der Waals surface area contributed by atoms with Crippen molar-refractivity contribution < 1.29 is 23.9 Å². The van der Waals surface area contributed by atoms with Crippen molar-refractivity contribution in [3.05, 3.63) is 29.9 Å². The van der Waals surface area contributed by atoms with Crippen LogP contribution in [0.4, 0.5) is 4.79 Å². The summed E-state index contributed by atoms with van der Waals surface area (Å²) < 4.78 is 10.8. The molecule has 31 heavy (non-hydrogen) atoms. The van der Waals surface area contributed by atoms with Crippen LogP contribution >= 0.6 is 12.4 Å². The van der Waals surface area contributed by atoms with Crippen LogP contribution in [0.25, 0.3) is 0 Å². The van der Waals surface area contributed by atoms with E-state index in [1.54, 1.807) is 4.90 Å². The third kappa shape index (κ3) is 6.86. The van der Waals surface area contributed by atoms with Gasteiger partial charge in [-0.05, 0) is 44.1 Å². The summed E-state index contributed by atoms with van der Waals surface area (Å²) in [5, 5.41) is 3.74. The Bertz CT molecular complexity index is 736. The number of likely N-dealkylation sites (tertiary alicyclic amines) is 1. The van der Waals surface area contributed by atoms with Crippen molar-refractivity contribution in [2.45, 2.75) is 51.2 Å². The normalized spacial score (nSPS) is 22.0. The summed E-state index contributed by atoms with van der Waals surface area (Å²) in [7, 11) is 0. The van der Waals surface area contributed by atoms with Crippen molar-refractivity contribution in [1.29, 1.82) is 0 Å². The van der Waals surface area contributed by atoms with E-state index in [1.807, 2.05) is 38.2 Å². The first-order valence-corrected chi connectivity index (χ1v) is 10.7. The number of hydrogen-bond donors (Lipinski definition) is 0. The molecule has 1 spiro atoms. The van der Waals surface area contributed by atoms with Gasteiger partial charge in [-0.3, -0.25) is 9.69 Å². The van der Waals surface area contributed by atoms with Crippen LogP contribution in [0.1, 0.15) is 39.5 Å². The number of piperidine rings is 1. The Morgan fingerprint density at radius 1 is 1.26 bits per heavy atom. The van der Waals surface area contributed by atoms with E-state index >= 15 is 0 Å². The number of carbonyl (C=O) groups excluding carboxylic acids is 2. The molecule has 3 aliphatic rings. The zero-order valence-corrected chi connectivity index (χ0v) is 19.1. The molecule has 0 aromatic rings. The molecule has 0 radical (unpaired) electrons. The molecule has 0 aromatic heterocycles. The van der Waals surface area contributed by atoms with Gasteiger partial charge >= 0.3 is 12.1 Å². The lowest BCUT2D eigenvalue weighted by atomic mass is 9.90. The van der Waals surface area contributed by atoms with Crippen molar-refractivity contribution >= 4 is 30.3 Å². The van der Waals surface area contributed by atoms with Gasteiger partial charge in [0, 0.05) is 43.8 Å². The van der Waals surface area contributed by atoms with Crippen LogP contribution in [0.15, 0.2) is 35.0 Å². The van der Waals surface area contributed by atoms with Crippen LogP contribution in [0.2, 0.25) is 0 Å². The first kappa shape index (κ1) is 25.0. The predicted octanol–water partition coefficient (Wildman–Crippen LogP) is 3.08. The van der Waals surface area contributed by atoms with Crippen LogP contribution in [0.5, 0.6) is 0 Å². The monoisotopic (exact) mass is 453 g/mol. The molecule has 2 saturated heterocycles. The number of ether oxygens (including phenoxy) is 2. The summed E-state index contributed by atoms with van der Waals surface area (Å²) in [5.74, 6) is 2.68. The molecule has 1 aliphatic carbocycles. The van der Waals surface area contributed by atoms with Gasteiger partial charge in [0.2, 0.25) is 0 Å². The summed E-state index contributed by atoms with van der Waals surface area (Å²) >= 11 is 0. The van der Waals surface area contributed by atoms with Crippen molar-refractivity contribution in [3.63, 3.8) is 0 Å². The molecule has 0 saturated carbocycles. The first-order valence-electron chi connectivity index (χ1n) is 10.7. The van der Waals surface area contributed by atoms with E-state index in [2.05, 4.69) is 15.9 Å². The topological polar surface area (TPSA) is 80.7 Å². The van der Waals surface area contributed by atoms with Gasteiger partial charge in [-0.2, -0.15) is 0 Å². The summed E-state index contributed by atoms with van der Waals surface area (Å²) in [6.45, 7) is 7.79. The maximum Gasteiger partial charge on any atom is 0.411 e. The van der Waals surface area contributed by atoms with E-state index in [0.29, 0.717) is 26.2 Å². The van der Waals surface area contributed by atoms with Gasteiger partial charge < -0.3 is 19.2 Å². The molecular weight excluding hydrogens is 422 g/mol. The van der Waals surface area contributed by atoms with Crippen molar-refractivity contribution in [1.82, 2.24) is 9.80 Å². The second-order valence-corrected chi connectivity index (χ2v) is 7.71. The van der Waals surface area contributed by atoms with Gasteiger partial charge in [0.05, 0.1) is 19.2 Å². The van der Waals surface area contributed by atoms with Crippen LogP contribution in [0, 0.1) is 0 Å². The Morgan fingerprint density at radius 3 is 2.61 bits per heavy atom. The van der Waals surface area contributed by atoms with Crippen molar-refractivity contribution in [2.75, 3.05) is 39.4 Å². The number of hydrogen-bond acceptors (Lipinski definition) is 7. The minimum Gasteiger partial charge on any atom is -0.466 e. The smallest absolute Gasteiger partial charge is 0.411 e. The number of esters is 1. The molecule has 2 fully saturated rings. The van der Waals surface area contributed by atoms with E-state index in [4.69, 9.17) is 14.3 Å². The molecule has 172 valence electrons. The van der Waals surface area contributed by atoms with Gasteiger partial charge in [-0.25, -0.2) is 4.79 Å². The molecule has 0 aromatic carbocycles. The average Bonchev–Trinajstić information content (AvgIpc) is 3.06. The molecule has 0 unspecified atom stereocenters. The van der Waals surface area contributed by atoms with Gasteiger partial charge in [0.1, 0.15) is 12.2 Å². The summed E-state index contributed by atoms with van der Waals surface area (Å²) in [5.41, 5.74) is 0.390.